The summed E-state index contributed by atoms with van der Waals surface area (Å²) in [4.78, 5) is 42.1. The Kier molecular flexibility index (Phi) is 3.30. The first-order valence-electron chi connectivity index (χ1n) is 6.52. The fraction of sp³-hybridized carbons (Fsp3) is 0.0667. The number of hydrogen-bond donors (Lipinski definition) is 2. The van der Waals surface area contributed by atoms with Crippen LogP contribution in [0.3, 0.4) is 0 Å². The Morgan fingerprint density at radius 3 is 2.82 bits per heavy atom. The molecule has 2 aromatic heterocycles. The van der Waals surface area contributed by atoms with Gasteiger partial charge >= 0.3 is 5.69 Å². The molecule has 0 atom stereocenters. The van der Waals surface area contributed by atoms with Gasteiger partial charge in [-0.25, -0.2) is 4.79 Å². The standard InChI is InChI=1S/C15H12N4O3/c1-19-14(21)10(8-17-15(19)22)13(20)18-11-6-2-4-9-5-3-7-16-12(9)11/h2-8H,1H3,(H,17,22)(H,18,20). The maximum absolute atomic E-state index is 12.3. The molecule has 2 N–H and O–H groups in total. The third-order valence-corrected chi connectivity index (χ3v) is 3.31. The first-order valence-corrected chi connectivity index (χ1v) is 6.52. The number of nitrogens with one attached hydrogen (secondary N) is 2. The van der Waals surface area contributed by atoms with Crippen molar-refractivity contribution in [2.24, 2.45) is 7.05 Å². The van der Waals surface area contributed by atoms with Crippen LogP contribution in [0.5, 0.6) is 0 Å². The van der Waals surface area contributed by atoms with Gasteiger partial charge in [0.25, 0.3) is 11.5 Å². The number of aromatic nitrogens is 3. The number of rotatable bonds is 2. The van der Waals surface area contributed by atoms with Crippen LogP contribution in [0.15, 0.2) is 52.3 Å². The monoisotopic (exact) mass is 296 g/mol. The van der Waals surface area contributed by atoms with Crippen LogP contribution in [0.2, 0.25) is 0 Å². The smallest absolute Gasteiger partial charge is 0.320 e. The zero-order chi connectivity index (χ0) is 15.7. The van der Waals surface area contributed by atoms with E-state index in [0.29, 0.717) is 11.2 Å². The second kappa shape index (κ2) is 5.28. The molecule has 7 nitrogen and oxygen atoms in total. The SMILES string of the molecule is Cn1c(=O)[nH]cc(C(=O)Nc2cccc3cccnc23)c1=O. The number of H-pyrrole nitrogens is 1. The molecule has 3 rings (SSSR count). The normalized spacial score (nSPS) is 10.6. The quantitative estimate of drug-likeness (QED) is 0.733. The number of anilines is 1. The maximum Gasteiger partial charge on any atom is 0.328 e. The van der Waals surface area contributed by atoms with Gasteiger partial charge < -0.3 is 10.3 Å². The van der Waals surface area contributed by atoms with Crippen molar-refractivity contribution in [3.8, 4) is 0 Å². The van der Waals surface area contributed by atoms with Crippen molar-refractivity contribution >= 4 is 22.5 Å². The van der Waals surface area contributed by atoms with Crippen LogP contribution in [0, 0.1) is 0 Å². The van der Waals surface area contributed by atoms with E-state index in [4.69, 9.17) is 0 Å². The zero-order valence-corrected chi connectivity index (χ0v) is 11.7. The Balaban J connectivity index is 2.03. The fourth-order valence-electron chi connectivity index (χ4n) is 2.12. The lowest BCUT2D eigenvalue weighted by atomic mass is 10.2. The van der Waals surface area contributed by atoms with Gasteiger partial charge in [-0.3, -0.25) is 19.1 Å². The number of pyridine rings is 1. The lowest BCUT2D eigenvalue weighted by Crippen LogP contribution is -2.37. The first-order chi connectivity index (χ1) is 10.6. The Hall–Kier alpha value is -3.22. The van der Waals surface area contributed by atoms with Crippen LogP contribution in [0.4, 0.5) is 5.69 Å². The van der Waals surface area contributed by atoms with Gasteiger partial charge in [-0.15, -0.1) is 0 Å². The van der Waals surface area contributed by atoms with Crippen LogP contribution in [-0.4, -0.2) is 20.4 Å². The number of aromatic amines is 1. The highest BCUT2D eigenvalue weighted by molar-refractivity contribution is 6.07. The number of amides is 1. The molecule has 0 fully saturated rings. The largest absolute Gasteiger partial charge is 0.328 e. The third kappa shape index (κ3) is 2.28. The number of fused-ring (bicyclic) bond motifs is 1. The van der Waals surface area contributed by atoms with Crippen molar-refractivity contribution in [1.29, 1.82) is 0 Å². The van der Waals surface area contributed by atoms with Gasteiger partial charge in [-0.2, -0.15) is 0 Å². The molecular formula is C15H12N4O3. The average Bonchev–Trinajstić information content (AvgIpc) is 2.53. The van der Waals surface area contributed by atoms with Gasteiger partial charge in [-0.05, 0) is 12.1 Å². The fourth-order valence-corrected chi connectivity index (χ4v) is 2.12. The van der Waals surface area contributed by atoms with E-state index in [9.17, 15) is 14.4 Å². The zero-order valence-electron chi connectivity index (χ0n) is 11.7. The van der Waals surface area contributed by atoms with Crippen molar-refractivity contribution in [3.05, 3.63) is 69.1 Å². The molecule has 0 saturated heterocycles. The van der Waals surface area contributed by atoms with Gasteiger partial charge in [0.2, 0.25) is 0 Å². The average molecular weight is 296 g/mol. The van der Waals surface area contributed by atoms with E-state index in [1.54, 1.807) is 24.4 Å². The van der Waals surface area contributed by atoms with Gasteiger partial charge in [0.1, 0.15) is 5.56 Å². The Labute approximate surface area is 124 Å². The topological polar surface area (TPSA) is 96.8 Å². The minimum atomic E-state index is -0.658. The molecule has 1 amide bonds. The Morgan fingerprint density at radius 1 is 1.23 bits per heavy atom. The molecular weight excluding hydrogens is 284 g/mol. The summed E-state index contributed by atoms with van der Waals surface area (Å²) in [6, 6.07) is 9.02. The van der Waals surface area contributed by atoms with E-state index in [2.05, 4.69) is 15.3 Å². The molecule has 0 unspecified atom stereocenters. The number of para-hydroxylation sites is 1. The highest BCUT2D eigenvalue weighted by Gasteiger charge is 2.14. The highest BCUT2D eigenvalue weighted by atomic mass is 16.2. The summed E-state index contributed by atoms with van der Waals surface area (Å²) >= 11 is 0. The number of carbonyl (C=O) groups excluding carboxylic acids is 1. The van der Waals surface area contributed by atoms with E-state index in [1.807, 2.05) is 12.1 Å². The summed E-state index contributed by atoms with van der Waals surface area (Å²) in [7, 11) is 1.30. The predicted octanol–water partition coefficient (Wildman–Crippen LogP) is 0.874. The van der Waals surface area contributed by atoms with E-state index < -0.39 is 17.2 Å². The molecule has 0 aliphatic rings. The van der Waals surface area contributed by atoms with Crippen molar-refractivity contribution in [1.82, 2.24) is 14.5 Å². The molecule has 22 heavy (non-hydrogen) atoms. The van der Waals surface area contributed by atoms with E-state index in [0.717, 1.165) is 16.2 Å². The Bertz CT molecular complexity index is 982. The predicted molar refractivity (Wildman–Crippen MR) is 82.0 cm³/mol. The van der Waals surface area contributed by atoms with E-state index in [-0.39, 0.29) is 5.56 Å². The molecule has 3 aromatic rings. The molecule has 0 aliphatic heterocycles. The number of hydrogen-bond acceptors (Lipinski definition) is 4. The van der Waals surface area contributed by atoms with Crippen LogP contribution >= 0.6 is 0 Å². The summed E-state index contributed by atoms with van der Waals surface area (Å²) in [6.45, 7) is 0. The molecule has 2 heterocycles. The first kappa shape index (κ1) is 13.7. The van der Waals surface area contributed by atoms with Gasteiger partial charge in [0.15, 0.2) is 0 Å². The molecule has 0 saturated carbocycles. The van der Waals surface area contributed by atoms with Crippen LogP contribution in [0.1, 0.15) is 10.4 Å². The van der Waals surface area contributed by atoms with Crippen molar-refractivity contribution < 1.29 is 4.79 Å². The number of nitrogens with zero attached hydrogens (tertiary/aromatic N) is 2. The molecule has 7 heteroatoms. The minimum absolute atomic E-state index is 0.143. The van der Waals surface area contributed by atoms with Gasteiger partial charge in [0, 0.05) is 24.8 Å². The summed E-state index contributed by atoms with van der Waals surface area (Å²) in [5, 5.41) is 3.52. The lowest BCUT2D eigenvalue weighted by Gasteiger charge is -2.08. The second-order valence-electron chi connectivity index (χ2n) is 4.71. The summed E-state index contributed by atoms with van der Waals surface area (Å²) in [6.07, 6.45) is 2.73. The van der Waals surface area contributed by atoms with E-state index >= 15 is 0 Å². The molecule has 1 aromatic carbocycles. The van der Waals surface area contributed by atoms with Crippen molar-refractivity contribution in [2.75, 3.05) is 5.32 Å². The molecule has 110 valence electrons. The highest BCUT2D eigenvalue weighted by Crippen LogP contribution is 2.20. The molecule has 0 aliphatic carbocycles. The summed E-state index contributed by atoms with van der Waals surface area (Å²) in [5.41, 5.74) is -0.256. The molecule has 0 spiro atoms. The maximum atomic E-state index is 12.3. The molecule has 0 bridgehead atoms. The molecule has 0 radical (unpaired) electrons. The third-order valence-electron chi connectivity index (χ3n) is 3.31. The Morgan fingerprint density at radius 2 is 2.00 bits per heavy atom. The minimum Gasteiger partial charge on any atom is -0.320 e. The van der Waals surface area contributed by atoms with Crippen LogP contribution in [-0.2, 0) is 7.05 Å². The summed E-state index contributed by atoms with van der Waals surface area (Å²) < 4.78 is 0.844. The van der Waals surface area contributed by atoms with E-state index in [1.165, 1.54) is 7.05 Å². The van der Waals surface area contributed by atoms with Gasteiger partial charge in [0.05, 0.1) is 11.2 Å². The van der Waals surface area contributed by atoms with Crippen LogP contribution < -0.4 is 16.6 Å². The summed E-state index contributed by atoms with van der Waals surface area (Å²) in [5.74, 6) is -0.602. The number of carbonyl (C=O) groups is 1. The van der Waals surface area contributed by atoms with Crippen LogP contribution in [0.25, 0.3) is 10.9 Å². The van der Waals surface area contributed by atoms with Gasteiger partial charge in [-0.1, -0.05) is 18.2 Å². The van der Waals surface area contributed by atoms with Crippen molar-refractivity contribution in [3.63, 3.8) is 0 Å². The second-order valence-corrected chi connectivity index (χ2v) is 4.71. The lowest BCUT2D eigenvalue weighted by molar-refractivity contribution is 0.102. The number of benzene rings is 1. The van der Waals surface area contributed by atoms with Crippen molar-refractivity contribution in [2.45, 2.75) is 0 Å².